The maximum atomic E-state index is 10.1. The molecule has 2 atom stereocenters. The number of nitrogens with zero attached hydrogens (tertiary/aromatic N) is 1. The quantitative estimate of drug-likeness (QED) is 0.814. The smallest absolute Gasteiger partial charge is 0.102 e. The summed E-state index contributed by atoms with van der Waals surface area (Å²) >= 11 is 5.73. The van der Waals surface area contributed by atoms with Crippen molar-refractivity contribution in [1.29, 1.82) is 5.26 Å². The van der Waals surface area contributed by atoms with Gasteiger partial charge in [-0.05, 0) is 31.5 Å². The Bertz CT molecular complexity index is 351. The van der Waals surface area contributed by atoms with Crippen molar-refractivity contribution in [1.82, 2.24) is 0 Å². The summed E-state index contributed by atoms with van der Waals surface area (Å²) in [5, 5.41) is 19.4. The highest BCUT2D eigenvalue weighted by atomic mass is 35.5. The summed E-state index contributed by atoms with van der Waals surface area (Å²) in [5.74, 6) is -0.455. The zero-order chi connectivity index (χ0) is 10.8. The molecule has 0 bridgehead atoms. The van der Waals surface area contributed by atoms with E-state index >= 15 is 0 Å². The second-order valence-electron chi connectivity index (χ2n) is 3.51. The number of benzene rings is 1. The van der Waals surface area contributed by atoms with Crippen LogP contribution in [0.2, 0.25) is 5.02 Å². The molecule has 0 aliphatic rings. The number of halogens is 1. The summed E-state index contributed by atoms with van der Waals surface area (Å²) in [7, 11) is 0. The lowest BCUT2D eigenvalue weighted by Gasteiger charge is -2.26. The summed E-state index contributed by atoms with van der Waals surface area (Å²) in [5.41, 5.74) is -0.421. The third-order valence-corrected chi connectivity index (χ3v) is 2.72. The third-order valence-electron chi connectivity index (χ3n) is 2.47. The van der Waals surface area contributed by atoms with E-state index in [1.165, 1.54) is 0 Å². The first-order valence-corrected chi connectivity index (χ1v) is 4.74. The molecule has 1 aromatic rings. The van der Waals surface area contributed by atoms with E-state index in [0.717, 1.165) is 0 Å². The van der Waals surface area contributed by atoms with Crippen LogP contribution >= 0.6 is 11.6 Å². The number of rotatable bonds is 2. The van der Waals surface area contributed by atoms with Crippen LogP contribution < -0.4 is 0 Å². The molecule has 1 rings (SSSR count). The van der Waals surface area contributed by atoms with Gasteiger partial charge in [0.05, 0.1) is 12.0 Å². The van der Waals surface area contributed by atoms with Crippen molar-refractivity contribution in [3.63, 3.8) is 0 Å². The highest BCUT2D eigenvalue weighted by Crippen LogP contribution is 2.29. The van der Waals surface area contributed by atoms with Crippen LogP contribution in [-0.2, 0) is 5.60 Å². The lowest BCUT2D eigenvalue weighted by molar-refractivity contribution is 0.0232. The van der Waals surface area contributed by atoms with E-state index < -0.39 is 11.5 Å². The largest absolute Gasteiger partial charge is 0.384 e. The van der Waals surface area contributed by atoms with Gasteiger partial charge >= 0.3 is 0 Å². The highest BCUT2D eigenvalue weighted by molar-refractivity contribution is 6.30. The van der Waals surface area contributed by atoms with E-state index in [1.807, 2.05) is 6.07 Å². The van der Waals surface area contributed by atoms with Gasteiger partial charge in [-0.15, -0.1) is 0 Å². The summed E-state index contributed by atoms with van der Waals surface area (Å²) < 4.78 is 0. The molecule has 3 heteroatoms. The van der Waals surface area contributed by atoms with Crippen LogP contribution in [0.4, 0.5) is 0 Å². The van der Waals surface area contributed by atoms with Crippen molar-refractivity contribution in [3.05, 3.63) is 34.9 Å². The maximum Gasteiger partial charge on any atom is 0.102 e. The molecule has 14 heavy (non-hydrogen) atoms. The molecule has 0 amide bonds. The van der Waals surface area contributed by atoms with Gasteiger partial charge in [-0.25, -0.2) is 0 Å². The molecule has 0 saturated heterocycles. The van der Waals surface area contributed by atoms with Crippen molar-refractivity contribution in [2.24, 2.45) is 5.92 Å². The van der Waals surface area contributed by atoms with E-state index in [4.69, 9.17) is 16.9 Å². The minimum atomic E-state index is -1.13. The zero-order valence-electron chi connectivity index (χ0n) is 8.16. The van der Waals surface area contributed by atoms with Crippen LogP contribution in [-0.4, -0.2) is 5.11 Å². The Balaban J connectivity index is 3.05. The van der Waals surface area contributed by atoms with Gasteiger partial charge in [0.25, 0.3) is 0 Å². The van der Waals surface area contributed by atoms with Gasteiger partial charge in [-0.1, -0.05) is 23.7 Å². The highest BCUT2D eigenvalue weighted by Gasteiger charge is 2.30. The van der Waals surface area contributed by atoms with Crippen LogP contribution in [0.25, 0.3) is 0 Å². The van der Waals surface area contributed by atoms with Gasteiger partial charge in [0.15, 0.2) is 0 Å². The Morgan fingerprint density at radius 3 is 2.36 bits per heavy atom. The van der Waals surface area contributed by atoms with Crippen LogP contribution in [0.3, 0.4) is 0 Å². The summed E-state index contributed by atoms with van der Waals surface area (Å²) in [6, 6.07) is 8.91. The van der Waals surface area contributed by atoms with Crippen molar-refractivity contribution < 1.29 is 5.11 Å². The minimum Gasteiger partial charge on any atom is -0.384 e. The summed E-state index contributed by atoms with van der Waals surface area (Å²) in [6.45, 7) is 3.32. The number of nitriles is 1. The molecule has 74 valence electrons. The molecule has 1 aromatic carbocycles. The van der Waals surface area contributed by atoms with Crippen LogP contribution in [0.15, 0.2) is 24.3 Å². The van der Waals surface area contributed by atoms with E-state index in [9.17, 15) is 5.11 Å². The Hall–Kier alpha value is -1.04. The van der Waals surface area contributed by atoms with Gasteiger partial charge in [0.2, 0.25) is 0 Å². The second kappa shape index (κ2) is 4.00. The Morgan fingerprint density at radius 1 is 1.43 bits per heavy atom. The maximum absolute atomic E-state index is 10.1. The lowest BCUT2D eigenvalue weighted by Crippen LogP contribution is -2.28. The van der Waals surface area contributed by atoms with Crippen LogP contribution in [0.5, 0.6) is 0 Å². The molecule has 0 saturated carbocycles. The van der Waals surface area contributed by atoms with Gasteiger partial charge in [-0.3, -0.25) is 0 Å². The summed E-state index contributed by atoms with van der Waals surface area (Å²) in [6.07, 6.45) is 0. The Labute approximate surface area is 88.7 Å². The Morgan fingerprint density at radius 2 is 1.93 bits per heavy atom. The van der Waals surface area contributed by atoms with Crippen LogP contribution in [0.1, 0.15) is 19.4 Å². The molecule has 0 fully saturated rings. The normalized spacial score (nSPS) is 16.8. The first kappa shape index (κ1) is 11.0. The predicted molar refractivity (Wildman–Crippen MR) is 55.8 cm³/mol. The lowest BCUT2D eigenvalue weighted by atomic mass is 9.85. The molecule has 1 N–H and O–H groups in total. The van der Waals surface area contributed by atoms with Crippen molar-refractivity contribution in [3.8, 4) is 6.07 Å². The number of aliphatic hydroxyl groups is 1. The van der Waals surface area contributed by atoms with Gasteiger partial charge < -0.3 is 5.11 Å². The van der Waals surface area contributed by atoms with Gasteiger partial charge in [-0.2, -0.15) is 5.26 Å². The topological polar surface area (TPSA) is 44.0 Å². The first-order valence-electron chi connectivity index (χ1n) is 4.36. The van der Waals surface area contributed by atoms with E-state index in [1.54, 1.807) is 38.1 Å². The fourth-order valence-electron chi connectivity index (χ4n) is 1.16. The standard InChI is InChI=1S/C11H12ClNO/c1-8(7-13)11(2,14)9-3-5-10(12)6-4-9/h3-6,8,14H,1-2H3. The van der Waals surface area contributed by atoms with Gasteiger partial charge in [0, 0.05) is 5.02 Å². The molecular formula is C11H12ClNO. The number of hydrogen-bond acceptors (Lipinski definition) is 2. The molecule has 0 radical (unpaired) electrons. The van der Waals surface area contributed by atoms with Crippen molar-refractivity contribution in [2.45, 2.75) is 19.4 Å². The first-order chi connectivity index (χ1) is 6.48. The molecule has 2 nitrogen and oxygen atoms in total. The average molecular weight is 210 g/mol. The van der Waals surface area contributed by atoms with Gasteiger partial charge in [0.1, 0.15) is 5.60 Å². The molecular weight excluding hydrogens is 198 g/mol. The minimum absolute atomic E-state index is 0.455. The molecule has 2 unspecified atom stereocenters. The fraction of sp³-hybridized carbons (Fsp3) is 0.364. The molecule has 0 aliphatic carbocycles. The predicted octanol–water partition coefficient (Wildman–Crippen LogP) is 2.71. The summed E-state index contributed by atoms with van der Waals surface area (Å²) in [4.78, 5) is 0. The Kier molecular flexibility index (Phi) is 3.15. The van der Waals surface area contributed by atoms with Crippen LogP contribution in [0, 0.1) is 17.2 Å². The molecule has 0 heterocycles. The zero-order valence-corrected chi connectivity index (χ0v) is 8.92. The van der Waals surface area contributed by atoms with Crippen molar-refractivity contribution in [2.75, 3.05) is 0 Å². The monoisotopic (exact) mass is 209 g/mol. The fourth-order valence-corrected chi connectivity index (χ4v) is 1.29. The molecule has 0 spiro atoms. The second-order valence-corrected chi connectivity index (χ2v) is 3.94. The van der Waals surface area contributed by atoms with E-state index in [2.05, 4.69) is 0 Å². The molecule has 0 aromatic heterocycles. The number of hydrogen-bond donors (Lipinski definition) is 1. The molecule has 0 aliphatic heterocycles. The SMILES string of the molecule is CC(C#N)C(C)(O)c1ccc(Cl)cc1. The van der Waals surface area contributed by atoms with E-state index in [0.29, 0.717) is 10.6 Å². The van der Waals surface area contributed by atoms with E-state index in [-0.39, 0.29) is 0 Å². The average Bonchev–Trinajstić information content (AvgIpc) is 2.17. The third kappa shape index (κ3) is 2.06. The van der Waals surface area contributed by atoms with Crippen molar-refractivity contribution >= 4 is 11.6 Å².